The van der Waals surface area contributed by atoms with E-state index in [1.807, 2.05) is 54.6 Å². The third-order valence-electron chi connectivity index (χ3n) is 6.77. The number of allylic oxidation sites excluding steroid dienone is 1. The number of ether oxygens (including phenoxy) is 2. The van der Waals surface area contributed by atoms with Crippen LogP contribution in [0.5, 0.6) is 5.75 Å². The molecule has 0 aliphatic carbocycles. The van der Waals surface area contributed by atoms with Crippen molar-refractivity contribution in [2.75, 3.05) is 46.0 Å². The standard InChI is InChI=1S/C30H36N2O5/c1-2-3-7-20-37-25-13-11-24(12-14-25)28-27(26(33)15-10-23-8-5-4-6-9-23)29(34)30(35)32(28)17-16-31-18-21-36-22-19-31/h4-6,8-15,28,34H,2-3,7,16-22H2,1H3/b15-10+. The number of rotatable bonds is 12. The molecule has 7 heteroatoms. The number of nitrogens with zero attached hydrogens (tertiary/aromatic N) is 2. The number of morpholine rings is 1. The summed E-state index contributed by atoms with van der Waals surface area (Å²) in [4.78, 5) is 30.4. The monoisotopic (exact) mass is 504 g/mol. The number of unbranched alkanes of at least 4 members (excludes halogenated alkanes) is 2. The van der Waals surface area contributed by atoms with Crippen LogP contribution in [0.4, 0.5) is 0 Å². The number of hydrogen-bond donors (Lipinski definition) is 1. The van der Waals surface area contributed by atoms with Crippen molar-refractivity contribution < 1.29 is 24.2 Å². The number of aliphatic hydroxyl groups excluding tert-OH is 1. The average molecular weight is 505 g/mol. The molecular formula is C30H36N2O5. The Morgan fingerprint density at radius 1 is 1.05 bits per heavy atom. The van der Waals surface area contributed by atoms with Crippen molar-refractivity contribution in [1.82, 2.24) is 9.80 Å². The number of amides is 1. The molecule has 1 unspecified atom stereocenters. The fourth-order valence-corrected chi connectivity index (χ4v) is 4.67. The number of aliphatic hydroxyl groups is 1. The van der Waals surface area contributed by atoms with Crippen molar-refractivity contribution in [2.45, 2.75) is 32.2 Å². The van der Waals surface area contributed by atoms with E-state index in [-0.39, 0.29) is 11.4 Å². The third-order valence-corrected chi connectivity index (χ3v) is 6.77. The van der Waals surface area contributed by atoms with Gasteiger partial charge >= 0.3 is 0 Å². The van der Waals surface area contributed by atoms with Crippen molar-refractivity contribution in [3.63, 3.8) is 0 Å². The summed E-state index contributed by atoms with van der Waals surface area (Å²) in [6, 6.07) is 16.3. The smallest absolute Gasteiger partial charge is 0.290 e. The second-order valence-corrected chi connectivity index (χ2v) is 9.35. The number of ketones is 1. The predicted molar refractivity (Wildman–Crippen MR) is 143 cm³/mol. The molecule has 4 rings (SSSR count). The summed E-state index contributed by atoms with van der Waals surface area (Å²) in [5.74, 6) is -0.633. The van der Waals surface area contributed by atoms with Crippen LogP contribution in [-0.2, 0) is 14.3 Å². The van der Waals surface area contributed by atoms with Crippen LogP contribution < -0.4 is 4.74 Å². The second-order valence-electron chi connectivity index (χ2n) is 9.35. The van der Waals surface area contributed by atoms with Crippen LogP contribution in [0.15, 0.2) is 72.0 Å². The van der Waals surface area contributed by atoms with Gasteiger partial charge in [0.1, 0.15) is 5.75 Å². The molecule has 2 aromatic carbocycles. The molecule has 1 N–H and O–H groups in total. The van der Waals surface area contributed by atoms with Gasteiger partial charge in [-0.25, -0.2) is 0 Å². The van der Waals surface area contributed by atoms with E-state index in [0.29, 0.717) is 32.9 Å². The molecule has 0 bridgehead atoms. The number of carbonyl (C=O) groups is 2. The summed E-state index contributed by atoms with van der Waals surface area (Å²) in [7, 11) is 0. The summed E-state index contributed by atoms with van der Waals surface area (Å²) >= 11 is 0. The van der Waals surface area contributed by atoms with Crippen LogP contribution in [0.2, 0.25) is 0 Å². The molecule has 2 aliphatic heterocycles. The molecule has 0 aromatic heterocycles. The highest BCUT2D eigenvalue weighted by Gasteiger charge is 2.42. The topological polar surface area (TPSA) is 79.3 Å². The molecule has 7 nitrogen and oxygen atoms in total. The summed E-state index contributed by atoms with van der Waals surface area (Å²) in [6.07, 6.45) is 6.37. The Morgan fingerprint density at radius 3 is 2.49 bits per heavy atom. The maximum Gasteiger partial charge on any atom is 0.290 e. The Morgan fingerprint density at radius 2 is 1.78 bits per heavy atom. The molecule has 196 valence electrons. The van der Waals surface area contributed by atoms with E-state index < -0.39 is 17.7 Å². The van der Waals surface area contributed by atoms with Crippen molar-refractivity contribution in [1.29, 1.82) is 0 Å². The predicted octanol–water partition coefficient (Wildman–Crippen LogP) is 4.57. The zero-order valence-electron chi connectivity index (χ0n) is 21.5. The zero-order valence-corrected chi connectivity index (χ0v) is 21.5. The van der Waals surface area contributed by atoms with Crippen LogP contribution in [0.3, 0.4) is 0 Å². The van der Waals surface area contributed by atoms with Gasteiger partial charge in [0, 0.05) is 26.2 Å². The molecule has 2 aromatic rings. The largest absolute Gasteiger partial charge is 0.503 e. The molecule has 0 saturated carbocycles. The molecular weight excluding hydrogens is 468 g/mol. The molecule has 1 saturated heterocycles. The summed E-state index contributed by atoms with van der Waals surface area (Å²) < 4.78 is 11.3. The van der Waals surface area contributed by atoms with E-state index in [2.05, 4.69) is 11.8 Å². The molecule has 0 spiro atoms. The number of carbonyl (C=O) groups excluding carboxylic acids is 2. The maximum absolute atomic E-state index is 13.3. The first-order valence-corrected chi connectivity index (χ1v) is 13.1. The van der Waals surface area contributed by atoms with Gasteiger partial charge in [-0.1, -0.05) is 68.3 Å². The Bertz CT molecular complexity index is 1100. The molecule has 37 heavy (non-hydrogen) atoms. The Kier molecular flexibility index (Phi) is 9.52. The van der Waals surface area contributed by atoms with Crippen molar-refractivity contribution in [2.24, 2.45) is 0 Å². The Balaban J connectivity index is 1.56. The van der Waals surface area contributed by atoms with Crippen molar-refractivity contribution in [3.8, 4) is 5.75 Å². The van der Waals surface area contributed by atoms with Gasteiger partial charge in [-0.2, -0.15) is 0 Å². The fourth-order valence-electron chi connectivity index (χ4n) is 4.67. The summed E-state index contributed by atoms with van der Waals surface area (Å²) in [6.45, 7) is 6.74. The van der Waals surface area contributed by atoms with Gasteiger partial charge in [-0.05, 0) is 35.8 Å². The van der Waals surface area contributed by atoms with Gasteiger partial charge in [0.2, 0.25) is 0 Å². The molecule has 2 heterocycles. The molecule has 1 atom stereocenters. The highest BCUT2D eigenvalue weighted by Crippen LogP contribution is 2.38. The lowest BCUT2D eigenvalue weighted by molar-refractivity contribution is -0.129. The van der Waals surface area contributed by atoms with Crippen LogP contribution in [-0.4, -0.2) is 72.6 Å². The van der Waals surface area contributed by atoms with Gasteiger partial charge in [0.25, 0.3) is 5.91 Å². The second kappa shape index (κ2) is 13.2. The molecule has 2 aliphatic rings. The summed E-state index contributed by atoms with van der Waals surface area (Å²) in [5.41, 5.74) is 1.73. The van der Waals surface area contributed by atoms with E-state index >= 15 is 0 Å². The average Bonchev–Trinajstić information content (AvgIpc) is 3.19. The van der Waals surface area contributed by atoms with E-state index in [0.717, 1.165) is 49.2 Å². The van der Waals surface area contributed by atoms with Crippen LogP contribution >= 0.6 is 0 Å². The van der Waals surface area contributed by atoms with E-state index in [4.69, 9.17) is 9.47 Å². The first-order chi connectivity index (χ1) is 18.1. The lowest BCUT2D eigenvalue weighted by Crippen LogP contribution is -2.43. The first-order valence-electron chi connectivity index (χ1n) is 13.1. The number of hydrogen-bond acceptors (Lipinski definition) is 6. The summed E-state index contributed by atoms with van der Waals surface area (Å²) in [5, 5.41) is 10.9. The Hall–Kier alpha value is -3.42. The fraction of sp³-hybridized carbons (Fsp3) is 0.400. The number of benzene rings is 2. The zero-order chi connectivity index (χ0) is 26.0. The maximum atomic E-state index is 13.3. The highest BCUT2D eigenvalue weighted by atomic mass is 16.5. The highest BCUT2D eigenvalue weighted by molar-refractivity contribution is 6.14. The minimum absolute atomic E-state index is 0.107. The van der Waals surface area contributed by atoms with Gasteiger partial charge in [0.15, 0.2) is 11.5 Å². The van der Waals surface area contributed by atoms with Crippen LogP contribution in [0, 0.1) is 0 Å². The van der Waals surface area contributed by atoms with Gasteiger partial charge in [-0.3, -0.25) is 14.5 Å². The lowest BCUT2D eigenvalue weighted by atomic mass is 9.95. The van der Waals surface area contributed by atoms with Gasteiger partial charge in [0.05, 0.1) is 31.4 Å². The molecule has 1 fully saturated rings. The van der Waals surface area contributed by atoms with Crippen LogP contribution in [0.25, 0.3) is 6.08 Å². The SMILES string of the molecule is CCCCCOc1ccc(C2C(C(=O)/C=C/c3ccccc3)=C(O)C(=O)N2CCN2CCOCC2)cc1. The third kappa shape index (κ3) is 6.87. The molecule has 1 amide bonds. The normalized spacial score (nSPS) is 18.7. The van der Waals surface area contributed by atoms with Crippen molar-refractivity contribution >= 4 is 17.8 Å². The van der Waals surface area contributed by atoms with Gasteiger partial charge in [-0.15, -0.1) is 0 Å². The van der Waals surface area contributed by atoms with E-state index in [1.165, 1.54) is 6.08 Å². The Labute approximate surface area is 219 Å². The van der Waals surface area contributed by atoms with Gasteiger partial charge < -0.3 is 19.5 Å². The quantitative estimate of drug-likeness (QED) is 0.337. The lowest BCUT2D eigenvalue weighted by Gasteiger charge is -2.31. The van der Waals surface area contributed by atoms with Crippen molar-refractivity contribution in [3.05, 3.63) is 83.1 Å². The van der Waals surface area contributed by atoms with E-state index in [9.17, 15) is 14.7 Å². The van der Waals surface area contributed by atoms with E-state index in [1.54, 1.807) is 11.0 Å². The minimum atomic E-state index is -0.671. The first kappa shape index (κ1) is 26.6. The van der Waals surface area contributed by atoms with Crippen LogP contribution in [0.1, 0.15) is 43.4 Å². The molecule has 0 radical (unpaired) electrons. The minimum Gasteiger partial charge on any atom is -0.503 e.